The van der Waals surface area contributed by atoms with Crippen LogP contribution >= 0.6 is 0 Å². The predicted octanol–water partition coefficient (Wildman–Crippen LogP) is 3.84. The van der Waals surface area contributed by atoms with Gasteiger partial charge in [-0.3, -0.25) is 9.69 Å². The Hall–Kier alpha value is -1.65. The number of anilines is 1. The van der Waals surface area contributed by atoms with E-state index in [0.29, 0.717) is 6.61 Å². The first-order chi connectivity index (χ1) is 11.6. The van der Waals surface area contributed by atoms with Crippen LogP contribution in [-0.2, 0) is 16.1 Å². The molecular formula is C20H30N2O2. The monoisotopic (exact) mass is 330 g/mol. The van der Waals surface area contributed by atoms with Gasteiger partial charge >= 0.3 is 0 Å². The van der Waals surface area contributed by atoms with Crippen LogP contribution in [0.1, 0.15) is 38.7 Å². The van der Waals surface area contributed by atoms with Crippen LogP contribution in [0.15, 0.2) is 36.9 Å². The number of rotatable bonds is 8. The summed E-state index contributed by atoms with van der Waals surface area (Å²) in [5, 5.41) is 2.90. The molecule has 1 N–H and O–H groups in total. The number of carbonyl (C=O) groups excluding carboxylic acids is 1. The van der Waals surface area contributed by atoms with Gasteiger partial charge in [0, 0.05) is 12.2 Å². The second-order valence-electron chi connectivity index (χ2n) is 6.74. The first-order valence-corrected chi connectivity index (χ1v) is 8.93. The molecule has 0 aromatic heterocycles. The normalized spacial score (nSPS) is 17.4. The fourth-order valence-electron chi connectivity index (χ4n) is 2.82. The summed E-state index contributed by atoms with van der Waals surface area (Å²) in [6.45, 7) is 11.6. The Bertz CT molecular complexity index is 519. The number of likely N-dealkylation sites (tertiary alicyclic amines) is 1. The summed E-state index contributed by atoms with van der Waals surface area (Å²) in [5.41, 5.74) is 2.10. The zero-order valence-electron chi connectivity index (χ0n) is 15.0. The summed E-state index contributed by atoms with van der Waals surface area (Å²) >= 11 is 0. The zero-order chi connectivity index (χ0) is 17.4. The number of ether oxygens (including phenoxy) is 1. The van der Waals surface area contributed by atoms with E-state index in [9.17, 15) is 4.79 Å². The molecule has 4 nitrogen and oxygen atoms in total. The van der Waals surface area contributed by atoms with Gasteiger partial charge < -0.3 is 10.1 Å². The van der Waals surface area contributed by atoms with Crippen molar-refractivity contribution in [2.24, 2.45) is 5.92 Å². The summed E-state index contributed by atoms with van der Waals surface area (Å²) in [7, 11) is 0. The largest absolute Gasteiger partial charge is 0.368 e. The third-order valence-electron chi connectivity index (χ3n) is 4.56. The lowest BCUT2D eigenvalue weighted by Crippen LogP contribution is -2.32. The van der Waals surface area contributed by atoms with E-state index in [1.165, 1.54) is 31.5 Å². The summed E-state index contributed by atoms with van der Waals surface area (Å²) in [6, 6.07) is 8.13. The molecule has 2 rings (SSSR count). The average molecular weight is 330 g/mol. The maximum Gasteiger partial charge on any atom is 0.253 e. The van der Waals surface area contributed by atoms with Gasteiger partial charge in [-0.1, -0.05) is 25.1 Å². The minimum atomic E-state index is -0.458. The molecule has 1 aliphatic heterocycles. The number of carbonyl (C=O) groups is 1. The summed E-state index contributed by atoms with van der Waals surface area (Å²) < 4.78 is 5.46. The lowest BCUT2D eigenvalue weighted by molar-refractivity contribution is -0.126. The van der Waals surface area contributed by atoms with E-state index in [-0.39, 0.29) is 5.91 Å². The van der Waals surface area contributed by atoms with Crippen LogP contribution in [0.2, 0.25) is 0 Å². The van der Waals surface area contributed by atoms with Crippen LogP contribution in [-0.4, -0.2) is 36.6 Å². The topological polar surface area (TPSA) is 41.6 Å². The molecule has 1 atom stereocenters. The maximum atomic E-state index is 12.1. The Labute approximate surface area is 145 Å². The lowest BCUT2D eigenvalue weighted by atomic mass is 9.99. The van der Waals surface area contributed by atoms with Gasteiger partial charge in [-0.25, -0.2) is 0 Å². The van der Waals surface area contributed by atoms with Gasteiger partial charge in [-0.2, -0.15) is 0 Å². The highest BCUT2D eigenvalue weighted by Crippen LogP contribution is 2.19. The Morgan fingerprint density at radius 1 is 1.38 bits per heavy atom. The van der Waals surface area contributed by atoms with Crippen LogP contribution in [0.25, 0.3) is 0 Å². The van der Waals surface area contributed by atoms with Crippen molar-refractivity contribution in [3.63, 3.8) is 0 Å². The van der Waals surface area contributed by atoms with E-state index in [1.807, 2.05) is 12.1 Å². The smallest absolute Gasteiger partial charge is 0.253 e. The van der Waals surface area contributed by atoms with E-state index in [4.69, 9.17) is 4.74 Å². The number of piperidine rings is 1. The highest BCUT2D eigenvalue weighted by atomic mass is 16.5. The molecule has 0 aliphatic carbocycles. The molecule has 1 unspecified atom stereocenters. The van der Waals surface area contributed by atoms with Gasteiger partial charge in [-0.15, -0.1) is 6.58 Å². The fraction of sp³-hybridized carbons (Fsp3) is 0.550. The van der Waals surface area contributed by atoms with Gasteiger partial charge in [0.25, 0.3) is 5.91 Å². The number of amides is 1. The molecule has 1 saturated heterocycles. The van der Waals surface area contributed by atoms with Crippen molar-refractivity contribution in [1.29, 1.82) is 0 Å². The molecule has 1 aromatic rings. The number of hydrogen-bond acceptors (Lipinski definition) is 3. The van der Waals surface area contributed by atoms with Crippen molar-refractivity contribution < 1.29 is 9.53 Å². The second kappa shape index (κ2) is 9.60. The number of nitrogens with zero attached hydrogens (tertiary/aromatic N) is 1. The van der Waals surface area contributed by atoms with Crippen molar-refractivity contribution in [3.8, 4) is 0 Å². The van der Waals surface area contributed by atoms with Crippen LogP contribution in [0.4, 0.5) is 5.69 Å². The quantitative estimate of drug-likeness (QED) is 0.582. The van der Waals surface area contributed by atoms with E-state index < -0.39 is 6.10 Å². The minimum absolute atomic E-state index is 0.114. The van der Waals surface area contributed by atoms with Gasteiger partial charge in [0.15, 0.2) is 0 Å². The zero-order valence-corrected chi connectivity index (χ0v) is 15.0. The molecule has 24 heavy (non-hydrogen) atoms. The van der Waals surface area contributed by atoms with Gasteiger partial charge in [-0.05, 0) is 62.9 Å². The van der Waals surface area contributed by atoms with Gasteiger partial charge in [0.05, 0.1) is 6.61 Å². The van der Waals surface area contributed by atoms with E-state index in [1.54, 1.807) is 13.0 Å². The second-order valence-corrected chi connectivity index (χ2v) is 6.74. The minimum Gasteiger partial charge on any atom is -0.368 e. The molecule has 0 spiro atoms. The summed E-state index contributed by atoms with van der Waals surface area (Å²) in [5.74, 6) is 0.742. The molecular weight excluding hydrogens is 300 g/mol. The molecule has 1 aliphatic rings. The third kappa shape index (κ3) is 6.10. The van der Waals surface area contributed by atoms with E-state index in [2.05, 4.69) is 35.9 Å². The van der Waals surface area contributed by atoms with Crippen molar-refractivity contribution in [2.45, 2.75) is 45.8 Å². The summed E-state index contributed by atoms with van der Waals surface area (Å²) in [4.78, 5) is 14.6. The van der Waals surface area contributed by atoms with Crippen LogP contribution in [0.3, 0.4) is 0 Å². The lowest BCUT2D eigenvalue weighted by Gasteiger charge is -2.30. The third-order valence-corrected chi connectivity index (χ3v) is 4.56. The first kappa shape index (κ1) is 18.7. The Balaban J connectivity index is 1.78. The SMILES string of the molecule is C=CCCOC(C)C(=O)Nc1ccc(CN2CCC(C)CC2)cc1. The highest BCUT2D eigenvalue weighted by Gasteiger charge is 2.16. The molecule has 4 heteroatoms. The van der Waals surface area contributed by atoms with Crippen molar-refractivity contribution in [1.82, 2.24) is 4.90 Å². The fourth-order valence-corrected chi connectivity index (χ4v) is 2.82. The van der Waals surface area contributed by atoms with Crippen LogP contribution in [0, 0.1) is 5.92 Å². The van der Waals surface area contributed by atoms with E-state index >= 15 is 0 Å². The van der Waals surface area contributed by atoms with E-state index in [0.717, 1.165) is 24.6 Å². The molecule has 1 amide bonds. The number of benzene rings is 1. The molecule has 1 heterocycles. The molecule has 0 bridgehead atoms. The van der Waals surface area contributed by atoms with Gasteiger partial charge in [0.1, 0.15) is 6.10 Å². The molecule has 0 saturated carbocycles. The standard InChI is InChI=1S/C20H30N2O2/c1-4-5-14-24-17(3)20(23)21-19-8-6-18(7-9-19)15-22-12-10-16(2)11-13-22/h4,6-9,16-17H,1,5,10-15H2,2-3H3,(H,21,23). The van der Waals surface area contributed by atoms with Crippen molar-refractivity contribution >= 4 is 11.6 Å². The number of hydrogen-bond donors (Lipinski definition) is 1. The predicted molar refractivity (Wildman–Crippen MR) is 99.0 cm³/mol. The molecule has 1 aromatic carbocycles. The van der Waals surface area contributed by atoms with Crippen LogP contribution in [0.5, 0.6) is 0 Å². The van der Waals surface area contributed by atoms with Crippen LogP contribution < -0.4 is 5.32 Å². The van der Waals surface area contributed by atoms with Crippen molar-refractivity contribution in [3.05, 3.63) is 42.5 Å². The Morgan fingerprint density at radius 3 is 2.67 bits per heavy atom. The number of nitrogens with one attached hydrogen (secondary N) is 1. The highest BCUT2D eigenvalue weighted by molar-refractivity contribution is 5.93. The molecule has 132 valence electrons. The maximum absolute atomic E-state index is 12.1. The Morgan fingerprint density at radius 2 is 2.04 bits per heavy atom. The van der Waals surface area contributed by atoms with Crippen molar-refractivity contribution in [2.75, 3.05) is 25.0 Å². The molecule has 1 fully saturated rings. The Kier molecular flexibility index (Phi) is 7.47. The van der Waals surface area contributed by atoms with Gasteiger partial charge in [0.2, 0.25) is 0 Å². The first-order valence-electron chi connectivity index (χ1n) is 8.93. The molecule has 0 radical (unpaired) electrons. The average Bonchev–Trinajstić information content (AvgIpc) is 2.58. The summed E-state index contributed by atoms with van der Waals surface area (Å²) in [6.07, 6.45) is 4.66.